The van der Waals surface area contributed by atoms with Gasteiger partial charge in [-0.15, -0.1) is 0 Å². The van der Waals surface area contributed by atoms with Crippen LogP contribution in [0.15, 0.2) is 0 Å². The van der Waals surface area contributed by atoms with Crippen molar-refractivity contribution in [2.45, 2.75) is 53.4 Å². The maximum atomic E-state index is 2.34. The molecule has 4 heteroatoms. The Morgan fingerprint density at radius 2 is 1.12 bits per heavy atom. The van der Waals surface area contributed by atoms with Crippen molar-refractivity contribution in [3.63, 3.8) is 0 Å². The molecular formula is C12H28I2NNi+. The van der Waals surface area contributed by atoms with E-state index < -0.39 is 0 Å². The predicted molar refractivity (Wildman–Crippen MR) is 88.9 cm³/mol. The summed E-state index contributed by atoms with van der Waals surface area (Å²) in [5.74, 6) is 0. The Morgan fingerprint density at radius 1 is 0.812 bits per heavy atom. The number of quaternary nitrogens is 1. The van der Waals surface area contributed by atoms with Crippen molar-refractivity contribution >= 4 is 41.0 Å². The minimum absolute atomic E-state index is 1.32. The molecule has 0 bridgehead atoms. The topological polar surface area (TPSA) is 0 Å². The van der Waals surface area contributed by atoms with Crippen molar-refractivity contribution in [1.29, 1.82) is 0 Å². The van der Waals surface area contributed by atoms with E-state index in [-0.39, 0.29) is 0 Å². The number of hydrogen-bond donors (Lipinski definition) is 0. The molecule has 0 amide bonds. The van der Waals surface area contributed by atoms with E-state index in [0.717, 1.165) is 0 Å². The molecule has 1 nitrogen and oxygen atoms in total. The molecule has 0 saturated heterocycles. The first-order chi connectivity index (χ1) is 7.66. The molecule has 0 saturated carbocycles. The first-order valence-electron chi connectivity index (χ1n) is 6.33. The SMILES string of the molecule is CCCC[N+](CC)(CC)CCCC.[I][Ni][I]. The summed E-state index contributed by atoms with van der Waals surface area (Å²) in [7, 11) is 1.56. The van der Waals surface area contributed by atoms with Gasteiger partial charge in [-0.3, -0.25) is 0 Å². The van der Waals surface area contributed by atoms with E-state index in [9.17, 15) is 0 Å². The Kier molecular flexibility index (Phi) is 18.9. The predicted octanol–water partition coefficient (Wildman–Crippen LogP) is 5.21. The Morgan fingerprint density at radius 3 is 1.31 bits per heavy atom. The van der Waals surface area contributed by atoms with Crippen molar-refractivity contribution in [1.82, 2.24) is 0 Å². The summed E-state index contributed by atoms with van der Waals surface area (Å²) in [6.45, 7) is 14.7. The maximum absolute atomic E-state index is 2.34. The van der Waals surface area contributed by atoms with Gasteiger partial charge >= 0.3 is 49.0 Å². The van der Waals surface area contributed by atoms with E-state index in [1.54, 1.807) is 8.07 Å². The van der Waals surface area contributed by atoms with Gasteiger partial charge in [-0.1, -0.05) is 26.7 Å². The first-order valence-corrected chi connectivity index (χ1v) is 12.7. The molecule has 0 spiro atoms. The van der Waals surface area contributed by atoms with Crippen LogP contribution in [0.1, 0.15) is 53.4 Å². The van der Waals surface area contributed by atoms with Gasteiger partial charge in [-0.2, -0.15) is 0 Å². The molecule has 0 aliphatic carbocycles. The molecule has 0 heterocycles. The third-order valence-electron chi connectivity index (χ3n) is 3.31. The van der Waals surface area contributed by atoms with E-state index >= 15 is 0 Å². The summed E-state index contributed by atoms with van der Waals surface area (Å²) in [4.78, 5) is 0. The minimum atomic E-state index is 1.32. The second kappa shape index (κ2) is 15.0. The number of halogens is 2. The summed E-state index contributed by atoms with van der Waals surface area (Å²) < 4.78 is 1.35. The molecule has 104 valence electrons. The average molecular weight is 499 g/mol. The van der Waals surface area contributed by atoms with Crippen molar-refractivity contribution in [3.05, 3.63) is 0 Å². The first kappa shape index (κ1) is 20.2. The standard InChI is InChI=1S/C12H28N.2HI.Ni/c1-5-9-11-13(7-3,8-4)12-10-6-2;;;/h5-12H2,1-4H3;2*1H;/q+1;;;+2/p-2. The fourth-order valence-electron chi connectivity index (χ4n) is 1.95. The number of nitrogens with zero attached hydrogens (tertiary/aromatic N) is 1. The van der Waals surface area contributed by atoms with Crippen LogP contribution in [0.4, 0.5) is 0 Å². The van der Waals surface area contributed by atoms with Gasteiger partial charge in [0.1, 0.15) is 0 Å². The Bertz CT molecular complexity index is 120. The van der Waals surface area contributed by atoms with Gasteiger partial charge in [-0.05, 0) is 26.7 Å². The summed E-state index contributed by atoms with van der Waals surface area (Å²) in [5.41, 5.74) is 0. The normalized spacial score (nSPS) is 11.1. The zero-order chi connectivity index (χ0) is 12.9. The van der Waals surface area contributed by atoms with E-state index in [2.05, 4.69) is 68.7 Å². The van der Waals surface area contributed by atoms with E-state index in [4.69, 9.17) is 0 Å². The van der Waals surface area contributed by atoms with Crippen molar-refractivity contribution in [2.24, 2.45) is 0 Å². The molecule has 0 rings (SSSR count). The van der Waals surface area contributed by atoms with Crippen LogP contribution in [-0.2, 0) is 8.07 Å². The van der Waals surface area contributed by atoms with Crippen LogP contribution in [0.3, 0.4) is 0 Å². The third kappa shape index (κ3) is 11.0. The second-order valence-electron chi connectivity index (χ2n) is 4.17. The second-order valence-corrected chi connectivity index (χ2v) is 12.5. The van der Waals surface area contributed by atoms with Crippen LogP contribution in [0.2, 0.25) is 0 Å². The molecular weight excluding hydrogens is 471 g/mol. The molecule has 0 aromatic rings. The summed E-state index contributed by atoms with van der Waals surface area (Å²) in [6.07, 6.45) is 5.47. The molecule has 0 fully saturated rings. The Hall–Kier alpha value is 1.91. The van der Waals surface area contributed by atoms with Crippen LogP contribution in [0.25, 0.3) is 0 Å². The molecule has 0 aromatic heterocycles. The van der Waals surface area contributed by atoms with Crippen molar-refractivity contribution < 1.29 is 12.6 Å². The summed E-state index contributed by atoms with van der Waals surface area (Å²) >= 11 is 4.43. The van der Waals surface area contributed by atoms with Gasteiger partial charge in [0.15, 0.2) is 0 Å². The third-order valence-corrected chi connectivity index (χ3v) is 3.31. The van der Waals surface area contributed by atoms with Crippen LogP contribution < -0.4 is 0 Å². The monoisotopic (exact) mass is 498 g/mol. The molecule has 0 N–H and O–H groups in total. The zero-order valence-electron chi connectivity index (χ0n) is 11.2. The van der Waals surface area contributed by atoms with Crippen LogP contribution >= 0.6 is 41.0 Å². The van der Waals surface area contributed by atoms with Crippen LogP contribution in [0, 0.1) is 0 Å². The summed E-state index contributed by atoms with van der Waals surface area (Å²) in [5, 5.41) is 0. The zero-order valence-corrected chi connectivity index (χ0v) is 16.5. The fourth-order valence-corrected chi connectivity index (χ4v) is 1.95. The van der Waals surface area contributed by atoms with Crippen molar-refractivity contribution in [2.75, 3.05) is 26.2 Å². The van der Waals surface area contributed by atoms with Gasteiger partial charge < -0.3 is 4.48 Å². The van der Waals surface area contributed by atoms with Gasteiger partial charge in [0.2, 0.25) is 0 Å². The average Bonchev–Trinajstić information content (AvgIpc) is 2.31. The van der Waals surface area contributed by atoms with Gasteiger partial charge in [0, 0.05) is 0 Å². The molecule has 0 aliphatic heterocycles. The molecule has 0 aliphatic rings. The van der Waals surface area contributed by atoms with E-state index in [1.807, 2.05) is 0 Å². The number of unbranched alkanes of at least 4 members (excludes halogenated alkanes) is 2. The Balaban J connectivity index is 0. The number of hydrogen-bond acceptors (Lipinski definition) is 0. The van der Waals surface area contributed by atoms with Crippen molar-refractivity contribution in [3.8, 4) is 0 Å². The molecule has 16 heavy (non-hydrogen) atoms. The Labute approximate surface area is 132 Å². The van der Waals surface area contributed by atoms with Gasteiger partial charge in [0.25, 0.3) is 0 Å². The number of rotatable bonds is 8. The van der Waals surface area contributed by atoms with Crippen LogP contribution in [0.5, 0.6) is 0 Å². The molecule has 0 aromatic carbocycles. The van der Waals surface area contributed by atoms with Gasteiger partial charge in [0.05, 0.1) is 26.2 Å². The van der Waals surface area contributed by atoms with Gasteiger partial charge in [-0.25, -0.2) is 0 Å². The molecule has 0 atom stereocenters. The summed E-state index contributed by atoms with van der Waals surface area (Å²) in [6, 6.07) is 0. The molecule has 0 radical (unpaired) electrons. The van der Waals surface area contributed by atoms with Crippen LogP contribution in [-0.4, -0.2) is 30.7 Å². The quantitative estimate of drug-likeness (QED) is 0.245. The molecule has 0 unspecified atom stereocenters. The van der Waals surface area contributed by atoms with E-state index in [0.29, 0.717) is 0 Å². The fraction of sp³-hybridized carbons (Fsp3) is 1.00. The van der Waals surface area contributed by atoms with E-state index in [1.165, 1.54) is 56.3 Å².